The molecule has 3 heteroatoms. The van der Waals surface area contributed by atoms with Crippen LogP contribution in [0.5, 0.6) is 0 Å². The fraction of sp³-hybridized carbons (Fsp3) is 0.273. The minimum atomic E-state index is -0.445. The molecule has 0 aliphatic heterocycles. The first-order valence-electron chi connectivity index (χ1n) is 4.61. The number of oxime groups is 1. The number of hydrogen-bond donors (Lipinski definition) is 1. The Bertz CT molecular complexity index is 344. The van der Waals surface area contributed by atoms with E-state index in [1.807, 2.05) is 25.1 Å². The predicted octanol–water partition coefficient (Wildman–Crippen LogP) is 3.15. The van der Waals surface area contributed by atoms with Crippen LogP contribution in [0.4, 0.5) is 0 Å². The molecular weight excluding hydrogens is 193 g/mol. The number of hydrogen-bond acceptors (Lipinski definition) is 2. The van der Waals surface area contributed by atoms with Gasteiger partial charge in [-0.25, -0.2) is 0 Å². The van der Waals surface area contributed by atoms with E-state index in [0.29, 0.717) is 0 Å². The van der Waals surface area contributed by atoms with E-state index in [4.69, 9.17) is 5.21 Å². The zero-order valence-corrected chi connectivity index (χ0v) is 9.41. The first-order chi connectivity index (χ1) is 6.77. The van der Waals surface area contributed by atoms with Crippen LogP contribution >= 0.6 is 7.55 Å². The summed E-state index contributed by atoms with van der Waals surface area (Å²) in [6.07, 6.45) is 0.808. The highest BCUT2D eigenvalue weighted by atomic mass is 31.1. The summed E-state index contributed by atoms with van der Waals surface area (Å²) in [5.74, 6) is 2.16. The van der Waals surface area contributed by atoms with Gasteiger partial charge in [-0.05, 0) is 5.16 Å². The molecule has 0 fully saturated rings. The Hall–Kier alpha value is -1.14. The van der Waals surface area contributed by atoms with Gasteiger partial charge in [0.05, 0.1) is 0 Å². The van der Waals surface area contributed by atoms with Gasteiger partial charge >= 0.3 is 0 Å². The second-order valence-corrected chi connectivity index (χ2v) is 5.02. The molecule has 1 N–H and O–H groups in total. The van der Waals surface area contributed by atoms with Crippen LogP contribution in [0.3, 0.4) is 0 Å². The monoisotopic (exact) mass is 208 g/mol. The van der Waals surface area contributed by atoms with Gasteiger partial charge in [0.15, 0.2) is 0 Å². The Balaban J connectivity index is 2.89. The molecule has 14 heavy (non-hydrogen) atoms. The Kier molecular flexibility index (Phi) is 4.34. The number of nitrogens with zero attached hydrogens (tertiary/aromatic N) is 1. The third-order valence-corrected chi connectivity index (χ3v) is 3.89. The Morgan fingerprint density at radius 1 is 1.43 bits per heavy atom. The normalized spacial score (nSPS) is 13.0. The van der Waals surface area contributed by atoms with E-state index in [9.17, 15) is 0 Å². The highest BCUT2D eigenvalue weighted by Crippen LogP contribution is 2.22. The highest BCUT2D eigenvalue weighted by molar-refractivity contribution is 7.74. The lowest BCUT2D eigenvalue weighted by molar-refractivity contribution is 0.319. The van der Waals surface area contributed by atoms with Gasteiger partial charge in [-0.2, -0.15) is 0 Å². The van der Waals surface area contributed by atoms with Crippen LogP contribution in [0.1, 0.15) is 18.9 Å². The lowest BCUT2D eigenvalue weighted by Gasteiger charge is -1.90. The third kappa shape index (κ3) is 2.97. The van der Waals surface area contributed by atoms with Crippen LogP contribution in [0.15, 0.2) is 35.5 Å². The summed E-state index contributed by atoms with van der Waals surface area (Å²) in [6, 6.07) is 10.1. The molecule has 0 aromatic heterocycles. The van der Waals surface area contributed by atoms with Crippen LogP contribution in [0.2, 0.25) is 0 Å². The number of rotatable bonds is 3. The van der Waals surface area contributed by atoms with Crippen molar-refractivity contribution < 1.29 is 5.21 Å². The Labute approximate surface area is 85.7 Å². The molecule has 0 spiro atoms. The zero-order valence-electron chi connectivity index (χ0n) is 8.51. The summed E-state index contributed by atoms with van der Waals surface area (Å²) in [4.78, 5) is 0. The van der Waals surface area contributed by atoms with E-state index in [-0.39, 0.29) is 0 Å². The van der Waals surface area contributed by atoms with Crippen molar-refractivity contribution >= 4 is 18.8 Å². The maximum Gasteiger partial charge on any atom is 0.249 e. The van der Waals surface area contributed by atoms with Gasteiger partial charge < -0.3 is 5.21 Å². The first kappa shape index (κ1) is 10.9. The van der Waals surface area contributed by atoms with Gasteiger partial charge in [-0.1, -0.05) is 37.3 Å². The number of benzene rings is 1. The van der Waals surface area contributed by atoms with Gasteiger partial charge in [0.2, 0.25) is 5.45 Å². The van der Waals surface area contributed by atoms with Gasteiger partial charge in [0.25, 0.3) is 0 Å². The maximum absolute atomic E-state index is 8.76. The second-order valence-electron chi connectivity index (χ2n) is 3.02. The molecule has 1 unspecified atom stereocenters. The molecule has 0 radical (unpaired) electrons. The molecule has 0 saturated heterocycles. The third-order valence-electron chi connectivity index (χ3n) is 1.98. The highest BCUT2D eigenvalue weighted by Gasteiger charge is 2.11. The maximum atomic E-state index is 8.76. The summed E-state index contributed by atoms with van der Waals surface area (Å²) < 4.78 is 0. The SMILES string of the molecule is CC/C(=N\O)[P+](C)=Cc1ccccc1. The van der Waals surface area contributed by atoms with Crippen molar-refractivity contribution in [2.45, 2.75) is 13.3 Å². The molecular formula is C11H15NOP+. The lowest BCUT2D eigenvalue weighted by Crippen LogP contribution is -1.90. The summed E-state index contributed by atoms with van der Waals surface area (Å²) in [7, 11) is -0.445. The van der Waals surface area contributed by atoms with E-state index in [2.05, 4.69) is 29.7 Å². The lowest BCUT2D eigenvalue weighted by atomic mass is 10.2. The summed E-state index contributed by atoms with van der Waals surface area (Å²) >= 11 is 0. The quantitative estimate of drug-likeness (QED) is 0.352. The van der Waals surface area contributed by atoms with E-state index in [0.717, 1.165) is 11.9 Å². The van der Waals surface area contributed by atoms with Crippen molar-refractivity contribution in [1.29, 1.82) is 0 Å². The van der Waals surface area contributed by atoms with Crippen LogP contribution in [0.25, 0.3) is 0 Å². The standard InChI is InChI=1S/C11H14NOP/c1-3-11(12-13)14(2)9-10-7-5-4-6-8-10/h4-9H,3H2,1-2H3/p+1/b12-11+. The van der Waals surface area contributed by atoms with Crippen LogP contribution < -0.4 is 0 Å². The fourth-order valence-electron chi connectivity index (χ4n) is 1.23. The molecule has 0 aliphatic carbocycles. The summed E-state index contributed by atoms with van der Waals surface area (Å²) in [5, 5.41) is 12.1. The zero-order chi connectivity index (χ0) is 10.4. The van der Waals surface area contributed by atoms with E-state index >= 15 is 0 Å². The summed E-state index contributed by atoms with van der Waals surface area (Å²) in [6.45, 7) is 4.10. The topological polar surface area (TPSA) is 32.6 Å². The Morgan fingerprint density at radius 2 is 2.07 bits per heavy atom. The molecule has 74 valence electrons. The van der Waals surface area contributed by atoms with E-state index in [1.165, 1.54) is 5.56 Å². The average Bonchev–Trinajstić information content (AvgIpc) is 2.21. The smallest absolute Gasteiger partial charge is 0.249 e. The van der Waals surface area contributed by atoms with Gasteiger partial charge in [0, 0.05) is 12.0 Å². The van der Waals surface area contributed by atoms with Gasteiger partial charge in [-0.3, -0.25) is 0 Å². The van der Waals surface area contributed by atoms with E-state index in [1.54, 1.807) is 0 Å². The molecule has 0 saturated carbocycles. The molecule has 1 atom stereocenters. The second kappa shape index (κ2) is 5.56. The molecule has 0 amide bonds. The molecule has 0 bridgehead atoms. The van der Waals surface area contributed by atoms with Crippen molar-refractivity contribution in [3.8, 4) is 0 Å². The van der Waals surface area contributed by atoms with Crippen molar-refractivity contribution in [2.75, 3.05) is 6.66 Å². The largest absolute Gasteiger partial charge is 0.408 e. The van der Waals surface area contributed by atoms with Crippen molar-refractivity contribution in [2.24, 2.45) is 5.16 Å². The van der Waals surface area contributed by atoms with Crippen LogP contribution in [0, 0.1) is 0 Å². The van der Waals surface area contributed by atoms with E-state index < -0.39 is 7.55 Å². The predicted molar refractivity (Wildman–Crippen MR) is 64.0 cm³/mol. The van der Waals surface area contributed by atoms with Crippen molar-refractivity contribution in [3.05, 3.63) is 35.9 Å². The molecule has 0 heterocycles. The molecule has 1 aromatic rings. The Morgan fingerprint density at radius 3 is 2.57 bits per heavy atom. The molecule has 1 rings (SSSR count). The minimum Gasteiger partial charge on any atom is -0.408 e. The fourth-order valence-corrected chi connectivity index (χ4v) is 2.64. The molecule has 2 nitrogen and oxygen atoms in total. The van der Waals surface area contributed by atoms with Gasteiger partial charge in [-0.15, -0.1) is 0 Å². The minimum absolute atomic E-state index is 0.445. The molecule has 1 aromatic carbocycles. The van der Waals surface area contributed by atoms with Crippen molar-refractivity contribution in [1.82, 2.24) is 0 Å². The van der Waals surface area contributed by atoms with Crippen LogP contribution in [-0.4, -0.2) is 23.1 Å². The average molecular weight is 208 g/mol. The van der Waals surface area contributed by atoms with Gasteiger partial charge in [0.1, 0.15) is 20.0 Å². The van der Waals surface area contributed by atoms with Crippen LogP contribution in [-0.2, 0) is 0 Å². The first-order valence-corrected chi connectivity index (χ1v) is 6.47. The summed E-state index contributed by atoms with van der Waals surface area (Å²) in [5.41, 5.74) is 2.07. The van der Waals surface area contributed by atoms with Crippen molar-refractivity contribution in [3.63, 3.8) is 0 Å². The molecule has 0 aliphatic rings.